The topological polar surface area (TPSA) is 67.7 Å². The molecule has 0 N–H and O–H groups in total. The Morgan fingerprint density at radius 3 is 2.27 bits per heavy atom. The van der Waals surface area contributed by atoms with Crippen LogP contribution >= 0.6 is 23.2 Å². The van der Waals surface area contributed by atoms with Gasteiger partial charge in [-0.25, -0.2) is 9.69 Å². The second-order valence-corrected chi connectivity index (χ2v) is 10.1. The minimum absolute atomic E-state index is 0.216. The number of anilines is 1. The van der Waals surface area contributed by atoms with Crippen LogP contribution in [0.1, 0.15) is 42.7 Å². The van der Waals surface area contributed by atoms with E-state index in [4.69, 9.17) is 23.2 Å². The molecule has 170 valence electrons. The lowest BCUT2D eigenvalue weighted by Gasteiger charge is -2.34. The number of urea groups is 1. The Morgan fingerprint density at radius 1 is 1.03 bits per heavy atom. The van der Waals surface area contributed by atoms with E-state index in [2.05, 4.69) is 11.0 Å². The molecular formula is C25H24Cl2N4O2. The van der Waals surface area contributed by atoms with Gasteiger partial charge in [0.1, 0.15) is 5.54 Å². The number of halogens is 2. The standard InChI is InChI=1S/C25H24Cl2N4O2/c1-29-24(33)31(21-11-18(26)10-19(27)12-21)23(32)25(29)15-30(20-4-2-3-5-20)14-22(25)17-8-6-16(13-28)7-9-17/h6-12,20,22H,2-5,14-15H2,1H3/t22-,25+/m0/s1. The molecule has 0 unspecified atom stereocenters. The fourth-order valence-corrected chi connectivity index (χ4v) is 6.30. The monoisotopic (exact) mass is 482 g/mol. The van der Waals surface area contributed by atoms with Crippen LogP contribution in [-0.4, -0.2) is 53.5 Å². The summed E-state index contributed by atoms with van der Waals surface area (Å²) in [6, 6.07) is 14.3. The maximum absolute atomic E-state index is 14.1. The van der Waals surface area contributed by atoms with Gasteiger partial charge in [0.25, 0.3) is 5.91 Å². The molecule has 6 nitrogen and oxygen atoms in total. The normalized spacial score (nSPS) is 26.1. The Balaban J connectivity index is 1.60. The molecule has 2 aromatic rings. The van der Waals surface area contributed by atoms with Crippen molar-refractivity contribution in [3.63, 3.8) is 0 Å². The Bertz CT molecular complexity index is 1140. The fraction of sp³-hybridized carbons (Fsp3) is 0.400. The van der Waals surface area contributed by atoms with Gasteiger partial charge in [0.15, 0.2) is 0 Å². The van der Waals surface area contributed by atoms with Gasteiger partial charge in [0.05, 0.1) is 17.3 Å². The van der Waals surface area contributed by atoms with Gasteiger partial charge in [-0.05, 0) is 48.7 Å². The number of imide groups is 1. The molecule has 1 spiro atoms. The number of hydrogen-bond donors (Lipinski definition) is 0. The van der Waals surface area contributed by atoms with Crippen LogP contribution < -0.4 is 4.90 Å². The summed E-state index contributed by atoms with van der Waals surface area (Å²) in [5, 5.41) is 9.95. The summed E-state index contributed by atoms with van der Waals surface area (Å²) in [6.45, 7) is 1.16. The molecule has 2 aliphatic heterocycles. The summed E-state index contributed by atoms with van der Waals surface area (Å²) in [5.74, 6) is -0.477. The highest BCUT2D eigenvalue weighted by Gasteiger charge is 2.64. The molecule has 2 atom stereocenters. The first kappa shape index (κ1) is 22.2. The summed E-state index contributed by atoms with van der Waals surface area (Å²) in [4.78, 5) is 32.8. The maximum atomic E-state index is 14.1. The number of amides is 3. The zero-order valence-corrected chi connectivity index (χ0v) is 19.8. The number of rotatable bonds is 3. The number of hydrogen-bond acceptors (Lipinski definition) is 4. The van der Waals surface area contributed by atoms with Crippen LogP contribution in [0, 0.1) is 11.3 Å². The lowest BCUT2D eigenvalue weighted by atomic mass is 9.80. The lowest BCUT2D eigenvalue weighted by Crippen LogP contribution is -2.54. The molecule has 1 aliphatic carbocycles. The highest BCUT2D eigenvalue weighted by Crippen LogP contribution is 2.48. The average molecular weight is 483 g/mol. The van der Waals surface area contributed by atoms with Gasteiger partial charge in [-0.1, -0.05) is 48.2 Å². The van der Waals surface area contributed by atoms with E-state index in [1.54, 1.807) is 42.3 Å². The van der Waals surface area contributed by atoms with Crippen molar-refractivity contribution >= 4 is 40.8 Å². The van der Waals surface area contributed by atoms with E-state index in [0.717, 1.165) is 18.4 Å². The Kier molecular flexibility index (Phi) is 5.60. The van der Waals surface area contributed by atoms with Gasteiger partial charge in [-0.3, -0.25) is 9.69 Å². The molecule has 0 bridgehead atoms. The number of likely N-dealkylation sites (N-methyl/N-ethyl adjacent to an activating group) is 1. The van der Waals surface area contributed by atoms with Gasteiger partial charge >= 0.3 is 6.03 Å². The maximum Gasteiger partial charge on any atom is 0.332 e. The van der Waals surface area contributed by atoms with Crippen LogP contribution in [0.3, 0.4) is 0 Å². The SMILES string of the molecule is CN1C(=O)N(c2cc(Cl)cc(Cl)c2)C(=O)[C@]12CN(C1CCCC1)C[C@H]2c1ccc(C#N)cc1. The van der Waals surface area contributed by atoms with Gasteiger partial charge in [-0.2, -0.15) is 5.26 Å². The van der Waals surface area contributed by atoms with Crippen LogP contribution in [0.2, 0.25) is 10.0 Å². The predicted molar refractivity (Wildman–Crippen MR) is 128 cm³/mol. The van der Waals surface area contributed by atoms with E-state index < -0.39 is 5.54 Å². The van der Waals surface area contributed by atoms with E-state index in [1.165, 1.54) is 17.7 Å². The van der Waals surface area contributed by atoms with Gasteiger partial charge in [-0.15, -0.1) is 0 Å². The van der Waals surface area contributed by atoms with E-state index in [1.807, 2.05) is 12.1 Å². The quantitative estimate of drug-likeness (QED) is 0.574. The summed E-state index contributed by atoms with van der Waals surface area (Å²) >= 11 is 12.4. The molecular weight excluding hydrogens is 459 g/mol. The molecule has 0 aromatic heterocycles. The van der Waals surface area contributed by atoms with Crippen molar-refractivity contribution in [1.82, 2.24) is 9.80 Å². The molecule has 2 aromatic carbocycles. The Morgan fingerprint density at radius 2 is 1.67 bits per heavy atom. The van der Waals surface area contributed by atoms with Crippen molar-refractivity contribution in [3.05, 3.63) is 63.6 Å². The zero-order chi connectivity index (χ0) is 23.3. The van der Waals surface area contributed by atoms with Crippen molar-refractivity contribution in [3.8, 4) is 6.07 Å². The number of nitrogens with zero attached hydrogens (tertiary/aromatic N) is 4. The number of benzene rings is 2. The van der Waals surface area contributed by atoms with Crippen molar-refractivity contribution in [2.24, 2.45) is 0 Å². The second kappa shape index (κ2) is 8.32. The summed E-state index contributed by atoms with van der Waals surface area (Å²) in [5.41, 5.74) is 0.858. The summed E-state index contributed by atoms with van der Waals surface area (Å²) in [6.07, 6.45) is 4.59. The van der Waals surface area contributed by atoms with Crippen molar-refractivity contribution in [2.45, 2.75) is 43.2 Å². The molecule has 2 saturated heterocycles. The first-order valence-corrected chi connectivity index (χ1v) is 11.9. The lowest BCUT2D eigenvalue weighted by molar-refractivity contribution is -0.124. The number of nitriles is 1. The second-order valence-electron chi connectivity index (χ2n) is 9.19. The molecule has 3 aliphatic rings. The van der Waals surface area contributed by atoms with Crippen LogP contribution in [0.5, 0.6) is 0 Å². The summed E-state index contributed by atoms with van der Waals surface area (Å²) in [7, 11) is 1.71. The number of likely N-dealkylation sites (tertiary alicyclic amines) is 1. The molecule has 5 rings (SSSR count). The van der Waals surface area contributed by atoms with Crippen LogP contribution in [0.15, 0.2) is 42.5 Å². The smallest absolute Gasteiger partial charge is 0.310 e. The van der Waals surface area contributed by atoms with Crippen molar-refractivity contribution < 1.29 is 9.59 Å². The summed E-state index contributed by atoms with van der Waals surface area (Å²) < 4.78 is 0. The van der Waals surface area contributed by atoms with Crippen LogP contribution in [-0.2, 0) is 4.79 Å². The minimum Gasteiger partial charge on any atom is -0.310 e. The van der Waals surface area contributed by atoms with Crippen molar-refractivity contribution in [2.75, 3.05) is 25.0 Å². The average Bonchev–Trinajstić information content (AvgIpc) is 3.50. The molecule has 0 radical (unpaired) electrons. The molecule has 2 heterocycles. The zero-order valence-electron chi connectivity index (χ0n) is 18.3. The minimum atomic E-state index is -1.04. The van der Waals surface area contributed by atoms with Crippen LogP contribution in [0.4, 0.5) is 10.5 Å². The first-order chi connectivity index (χ1) is 15.8. The highest BCUT2D eigenvalue weighted by molar-refractivity contribution is 6.35. The third-order valence-electron chi connectivity index (χ3n) is 7.48. The fourth-order valence-electron chi connectivity index (χ4n) is 5.79. The van der Waals surface area contributed by atoms with Crippen LogP contribution in [0.25, 0.3) is 0 Å². The van der Waals surface area contributed by atoms with E-state index >= 15 is 0 Å². The van der Waals surface area contributed by atoms with Gasteiger partial charge in [0, 0.05) is 42.1 Å². The number of carbonyl (C=O) groups excluding carboxylic acids is 2. The molecule has 33 heavy (non-hydrogen) atoms. The molecule has 3 fully saturated rings. The first-order valence-electron chi connectivity index (χ1n) is 11.2. The molecule has 8 heteroatoms. The third kappa shape index (κ3) is 3.50. The predicted octanol–water partition coefficient (Wildman–Crippen LogP) is 5.04. The van der Waals surface area contributed by atoms with Crippen molar-refractivity contribution in [1.29, 1.82) is 5.26 Å². The molecule has 3 amide bonds. The highest BCUT2D eigenvalue weighted by atomic mass is 35.5. The van der Waals surface area contributed by atoms with E-state index in [-0.39, 0.29) is 17.9 Å². The Labute approximate surface area is 203 Å². The largest absolute Gasteiger partial charge is 0.332 e. The van der Waals surface area contributed by atoms with Gasteiger partial charge < -0.3 is 4.90 Å². The Hall–Kier alpha value is -2.59. The molecule has 1 saturated carbocycles. The van der Waals surface area contributed by atoms with E-state index in [9.17, 15) is 14.9 Å². The number of carbonyl (C=O) groups is 2. The van der Waals surface area contributed by atoms with Gasteiger partial charge in [0.2, 0.25) is 0 Å². The van der Waals surface area contributed by atoms with E-state index in [0.29, 0.717) is 40.4 Å². The third-order valence-corrected chi connectivity index (χ3v) is 7.91.